The van der Waals surface area contributed by atoms with E-state index in [-0.39, 0.29) is 6.07 Å². The van der Waals surface area contributed by atoms with Crippen LogP contribution in [0.25, 0.3) is 0 Å². The molecule has 0 bridgehead atoms. The molecule has 0 amide bonds. The zero-order chi connectivity index (χ0) is 7.28. The van der Waals surface area contributed by atoms with Gasteiger partial charge in [-0.25, -0.2) is 4.79 Å². The molecule has 1 atom stereocenters. The Labute approximate surface area is 62.8 Å². The van der Waals surface area contributed by atoms with Gasteiger partial charge in [0, 0.05) is 0 Å². The van der Waals surface area contributed by atoms with Gasteiger partial charge in [-0.2, -0.15) is 0 Å². The lowest BCUT2D eigenvalue weighted by atomic mass is 10.9. The van der Waals surface area contributed by atoms with Crippen molar-refractivity contribution in [3.63, 3.8) is 0 Å². The fourth-order valence-corrected chi connectivity index (χ4v) is 0.373. The van der Waals surface area contributed by atoms with Gasteiger partial charge in [0.25, 0.3) is 0 Å². The lowest BCUT2D eigenvalue weighted by molar-refractivity contribution is 0.0618. The minimum absolute atomic E-state index is 0.220. The Hall–Kier alpha value is -0.150. The molecule has 1 unspecified atom stereocenters. The molecule has 0 N–H and O–H groups in total. The van der Waals surface area contributed by atoms with Crippen molar-refractivity contribution in [2.75, 3.05) is 6.07 Å². The van der Waals surface area contributed by atoms with E-state index in [0.29, 0.717) is 0 Å². The predicted octanol–water partition coefficient (Wildman–Crippen LogP) is 1.92. The number of halogens is 2. The molecule has 0 aromatic heterocycles. The Balaban J connectivity index is 3.27. The summed E-state index contributed by atoms with van der Waals surface area (Å²) in [7, 11) is 0. The van der Waals surface area contributed by atoms with Gasteiger partial charge in [-0.3, -0.25) is 0 Å². The lowest BCUT2D eigenvalue weighted by Gasteiger charge is -2.03. The molecule has 0 rings (SSSR count). The van der Waals surface area contributed by atoms with Gasteiger partial charge < -0.3 is 9.47 Å². The topological polar surface area (TPSA) is 35.5 Å². The third-order valence-electron chi connectivity index (χ3n) is 0.431. The molecule has 54 valence electrons. The van der Waals surface area contributed by atoms with Crippen LogP contribution in [0.4, 0.5) is 4.79 Å². The average molecular weight is 173 g/mol. The van der Waals surface area contributed by atoms with E-state index in [2.05, 4.69) is 9.47 Å². The number of carbonyl (C=O) groups excluding carboxylic acids is 1. The summed E-state index contributed by atoms with van der Waals surface area (Å²) in [5.41, 5.74) is -0.680. The fourth-order valence-electron chi connectivity index (χ4n) is 0.211. The van der Waals surface area contributed by atoms with E-state index >= 15 is 0 Å². The summed E-state index contributed by atoms with van der Waals surface area (Å²) in [6, 6.07) is -0.220. The highest BCUT2D eigenvalue weighted by molar-refractivity contribution is 6.20. The highest BCUT2D eigenvalue weighted by Gasteiger charge is 2.05. The summed E-state index contributed by atoms with van der Waals surface area (Å²) < 4.78 is 8.48. The molecule has 0 aliphatic carbocycles. The van der Waals surface area contributed by atoms with E-state index < -0.39 is 11.7 Å². The molecule has 0 heterocycles. The van der Waals surface area contributed by atoms with Gasteiger partial charge in [-0.05, 0) is 6.92 Å². The van der Waals surface area contributed by atoms with Gasteiger partial charge in [-0.15, -0.1) is 0 Å². The largest absolute Gasteiger partial charge is 0.510 e. The van der Waals surface area contributed by atoms with Crippen molar-refractivity contribution in [2.45, 2.75) is 12.5 Å². The standard InChI is InChI=1S/C4H6Cl2O3/c1-3(6)9-4(7)8-2-5/h3H,2H2,1H3. The molecule has 0 saturated carbocycles. The summed E-state index contributed by atoms with van der Waals surface area (Å²) in [4.78, 5) is 10.2. The number of rotatable bonds is 2. The van der Waals surface area contributed by atoms with E-state index in [0.717, 1.165) is 0 Å². The van der Waals surface area contributed by atoms with Crippen LogP contribution in [-0.4, -0.2) is 17.8 Å². The normalized spacial score (nSPS) is 12.3. The van der Waals surface area contributed by atoms with E-state index in [4.69, 9.17) is 23.2 Å². The van der Waals surface area contributed by atoms with Crippen LogP contribution in [0.1, 0.15) is 6.92 Å². The van der Waals surface area contributed by atoms with E-state index in [1.54, 1.807) is 0 Å². The van der Waals surface area contributed by atoms with Crippen LogP contribution in [0.5, 0.6) is 0 Å². The Kier molecular flexibility index (Phi) is 4.62. The molecule has 0 fully saturated rings. The average Bonchev–Trinajstić information content (AvgIpc) is 1.63. The molecule has 9 heavy (non-hydrogen) atoms. The van der Waals surface area contributed by atoms with Crippen LogP contribution in [0.2, 0.25) is 0 Å². The maximum absolute atomic E-state index is 10.2. The van der Waals surface area contributed by atoms with Gasteiger partial charge in [0.2, 0.25) is 0 Å². The first-order valence-electron chi connectivity index (χ1n) is 2.20. The smallest absolute Gasteiger partial charge is 0.418 e. The number of ether oxygens (including phenoxy) is 2. The minimum atomic E-state index is -0.854. The molecule has 0 aliphatic rings. The lowest BCUT2D eigenvalue weighted by Crippen LogP contribution is -2.10. The summed E-state index contributed by atoms with van der Waals surface area (Å²) in [6.45, 7) is 1.50. The Bertz CT molecular complexity index is 93.8. The number of hydrogen-bond acceptors (Lipinski definition) is 3. The van der Waals surface area contributed by atoms with Gasteiger partial charge in [0.1, 0.15) is 0 Å². The SMILES string of the molecule is CC(Cl)OC(=O)OCCl. The Morgan fingerprint density at radius 3 is 2.67 bits per heavy atom. The maximum atomic E-state index is 10.2. The number of alkyl halides is 2. The van der Waals surface area contributed by atoms with Crippen LogP contribution in [0, 0.1) is 0 Å². The van der Waals surface area contributed by atoms with Gasteiger partial charge in [-0.1, -0.05) is 23.2 Å². The van der Waals surface area contributed by atoms with Gasteiger partial charge in [0.05, 0.1) is 0 Å². The molecule has 5 heteroatoms. The fraction of sp³-hybridized carbons (Fsp3) is 0.750. The summed E-state index contributed by atoms with van der Waals surface area (Å²) in [6.07, 6.45) is -0.854. The van der Waals surface area contributed by atoms with Crippen LogP contribution < -0.4 is 0 Å². The predicted molar refractivity (Wildman–Crippen MR) is 33.6 cm³/mol. The van der Waals surface area contributed by atoms with Crippen molar-refractivity contribution < 1.29 is 14.3 Å². The molecule has 3 nitrogen and oxygen atoms in total. The minimum Gasteiger partial charge on any atom is -0.418 e. The zero-order valence-electron chi connectivity index (χ0n) is 4.77. The van der Waals surface area contributed by atoms with Crippen molar-refractivity contribution in [3.05, 3.63) is 0 Å². The highest BCUT2D eigenvalue weighted by Crippen LogP contribution is 1.98. The summed E-state index contributed by atoms with van der Waals surface area (Å²) >= 11 is 10.3. The number of carbonyl (C=O) groups is 1. The van der Waals surface area contributed by atoms with E-state index in [1.165, 1.54) is 6.92 Å². The quantitative estimate of drug-likeness (QED) is 0.472. The molecule has 0 aromatic carbocycles. The van der Waals surface area contributed by atoms with Crippen molar-refractivity contribution in [1.29, 1.82) is 0 Å². The zero-order valence-corrected chi connectivity index (χ0v) is 6.28. The van der Waals surface area contributed by atoms with Crippen LogP contribution in [0.15, 0.2) is 0 Å². The van der Waals surface area contributed by atoms with Crippen molar-refractivity contribution in [3.8, 4) is 0 Å². The van der Waals surface area contributed by atoms with Gasteiger partial charge >= 0.3 is 6.16 Å². The molecule has 0 saturated heterocycles. The third kappa shape index (κ3) is 5.73. The molecular formula is C4H6Cl2O3. The molecule has 0 spiro atoms. The second-order valence-corrected chi connectivity index (χ2v) is 2.00. The van der Waals surface area contributed by atoms with Crippen molar-refractivity contribution in [2.24, 2.45) is 0 Å². The van der Waals surface area contributed by atoms with Crippen molar-refractivity contribution in [1.82, 2.24) is 0 Å². The van der Waals surface area contributed by atoms with E-state index in [9.17, 15) is 4.79 Å². The van der Waals surface area contributed by atoms with Gasteiger partial charge in [0.15, 0.2) is 11.6 Å². The molecular weight excluding hydrogens is 167 g/mol. The van der Waals surface area contributed by atoms with Crippen LogP contribution in [-0.2, 0) is 9.47 Å². The first-order chi connectivity index (χ1) is 4.16. The second-order valence-electron chi connectivity index (χ2n) is 1.16. The highest BCUT2D eigenvalue weighted by atomic mass is 35.5. The molecule has 0 aromatic rings. The summed E-state index contributed by atoms with van der Waals surface area (Å²) in [5.74, 6) is 0. The first kappa shape index (κ1) is 8.85. The second kappa shape index (κ2) is 4.70. The maximum Gasteiger partial charge on any atom is 0.510 e. The Morgan fingerprint density at radius 2 is 2.33 bits per heavy atom. The monoisotopic (exact) mass is 172 g/mol. The third-order valence-corrected chi connectivity index (χ3v) is 0.629. The summed E-state index contributed by atoms with van der Waals surface area (Å²) in [5, 5.41) is 0. The van der Waals surface area contributed by atoms with Crippen LogP contribution >= 0.6 is 23.2 Å². The van der Waals surface area contributed by atoms with E-state index in [1.807, 2.05) is 0 Å². The Morgan fingerprint density at radius 1 is 1.78 bits per heavy atom. The molecule has 0 radical (unpaired) electrons. The first-order valence-corrected chi connectivity index (χ1v) is 3.17. The van der Waals surface area contributed by atoms with Crippen molar-refractivity contribution >= 4 is 29.4 Å². The number of hydrogen-bond donors (Lipinski definition) is 0. The van der Waals surface area contributed by atoms with Crippen LogP contribution in [0.3, 0.4) is 0 Å². The molecule has 0 aliphatic heterocycles.